The third-order valence-corrected chi connectivity index (χ3v) is 6.05. The van der Waals surface area contributed by atoms with Gasteiger partial charge < -0.3 is 5.32 Å². The number of benzene rings is 1. The Balaban J connectivity index is 1.68. The highest BCUT2D eigenvalue weighted by atomic mass is 15.0. The van der Waals surface area contributed by atoms with Crippen molar-refractivity contribution >= 4 is 16.7 Å². The number of nitrogens with one attached hydrogen (secondary N) is 1. The molecular formula is C18H23N3. The monoisotopic (exact) mass is 281 g/mol. The lowest BCUT2D eigenvalue weighted by Crippen LogP contribution is -2.45. The summed E-state index contributed by atoms with van der Waals surface area (Å²) in [6.07, 6.45) is 7.62. The second-order valence-electron chi connectivity index (χ2n) is 7.75. The lowest BCUT2D eigenvalue weighted by atomic mass is 9.68. The first-order chi connectivity index (χ1) is 9.99. The van der Waals surface area contributed by atoms with Gasteiger partial charge in [0.05, 0.1) is 11.0 Å². The van der Waals surface area contributed by atoms with Crippen LogP contribution in [-0.2, 0) is 0 Å². The number of rotatable bonds is 2. The Morgan fingerprint density at radius 3 is 2.57 bits per heavy atom. The zero-order chi connectivity index (χ0) is 14.7. The summed E-state index contributed by atoms with van der Waals surface area (Å²) in [7, 11) is 0. The second-order valence-corrected chi connectivity index (χ2v) is 7.75. The highest BCUT2D eigenvalue weighted by Crippen LogP contribution is 2.63. The van der Waals surface area contributed by atoms with Gasteiger partial charge in [0.15, 0.2) is 0 Å². The van der Waals surface area contributed by atoms with Crippen LogP contribution in [0.4, 0.5) is 5.69 Å². The second kappa shape index (κ2) is 4.19. The van der Waals surface area contributed by atoms with E-state index < -0.39 is 0 Å². The van der Waals surface area contributed by atoms with Crippen LogP contribution >= 0.6 is 0 Å². The minimum atomic E-state index is 0.365. The van der Waals surface area contributed by atoms with E-state index in [1.165, 1.54) is 24.9 Å². The molecule has 1 heterocycles. The first-order valence-electron chi connectivity index (χ1n) is 7.96. The Bertz CT molecular complexity index is 689. The van der Waals surface area contributed by atoms with Crippen molar-refractivity contribution in [3.05, 3.63) is 30.6 Å². The average molecular weight is 281 g/mol. The molecule has 3 heteroatoms. The maximum atomic E-state index is 4.42. The average Bonchev–Trinajstić information content (AvgIpc) is 2.95. The van der Waals surface area contributed by atoms with Gasteiger partial charge in [-0.05, 0) is 54.2 Å². The van der Waals surface area contributed by atoms with Gasteiger partial charge in [-0.25, -0.2) is 0 Å². The van der Waals surface area contributed by atoms with E-state index in [1.54, 1.807) is 12.4 Å². The van der Waals surface area contributed by atoms with E-state index in [9.17, 15) is 0 Å². The predicted molar refractivity (Wildman–Crippen MR) is 86.2 cm³/mol. The van der Waals surface area contributed by atoms with E-state index in [2.05, 4.69) is 54.3 Å². The van der Waals surface area contributed by atoms with E-state index in [4.69, 9.17) is 0 Å². The van der Waals surface area contributed by atoms with Gasteiger partial charge in [0.25, 0.3) is 0 Å². The predicted octanol–water partition coefficient (Wildman–Crippen LogP) is 4.26. The molecular weight excluding hydrogens is 258 g/mol. The summed E-state index contributed by atoms with van der Waals surface area (Å²) < 4.78 is 0. The molecule has 3 nitrogen and oxygen atoms in total. The molecule has 2 aromatic rings. The van der Waals surface area contributed by atoms with E-state index in [1.807, 2.05) is 0 Å². The van der Waals surface area contributed by atoms with Crippen LogP contribution in [0.1, 0.15) is 40.0 Å². The van der Waals surface area contributed by atoms with Crippen LogP contribution in [0.2, 0.25) is 0 Å². The van der Waals surface area contributed by atoms with E-state index in [0.29, 0.717) is 16.9 Å². The van der Waals surface area contributed by atoms with Crippen molar-refractivity contribution in [3.8, 4) is 0 Å². The van der Waals surface area contributed by atoms with Gasteiger partial charge in [0.2, 0.25) is 0 Å². The molecule has 2 aliphatic rings. The van der Waals surface area contributed by atoms with Crippen molar-refractivity contribution in [2.45, 2.75) is 46.1 Å². The molecule has 0 radical (unpaired) electrons. The minimum absolute atomic E-state index is 0.365. The van der Waals surface area contributed by atoms with Crippen LogP contribution in [0.5, 0.6) is 0 Å². The maximum Gasteiger partial charge on any atom is 0.0907 e. The van der Waals surface area contributed by atoms with Crippen LogP contribution in [0.25, 0.3) is 11.0 Å². The molecule has 110 valence electrons. The zero-order valence-corrected chi connectivity index (χ0v) is 13.1. The quantitative estimate of drug-likeness (QED) is 0.894. The Hall–Kier alpha value is -1.64. The van der Waals surface area contributed by atoms with Gasteiger partial charge in [-0.1, -0.05) is 20.8 Å². The van der Waals surface area contributed by atoms with E-state index in [0.717, 1.165) is 17.0 Å². The van der Waals surface area contributed by atoms with Gasteiger partial charge in [0, 0.05) is 24.1 Å². The van der Waals surface area contributed by atoms with Crippen LogP contribution in [0, 0.1) is 16.7 Å². The lowest BCUT2D eigenvalue weighted by molar-refractivity contribution is 0.155. The van der Waals surface area contributed by atoms with Gasteiger partial charge in [-0.15, -0.1) is 0 Å². The molecule has 3 unspecified atom stereocenters. The fourth-order valence-electron chi connectivity index (χ4n) is 4.88. The van der Waals surface area contributed by atoms with Crippen LogP contribution in [-0.4, -0.2) is 16.0 Å². The number of hydrogen-bond acceptors (Lipinski definition) is 3. The molecule has 2 fully saturated rings. The zero-order valence-electron chi connectivity index (χ0n) is 13.1. The van der Waals surface area contributed by atoms with Crippen LogP contribution < -0.4 is 5.32 Å². The smallest absolute Gasteiger partial charge is 0.0907 e. The molecule has 2 aliphatic carbocycles. The van der Waals surface area contributed by atoms with Gasteiger partial charge in [-0.2, -0.15) is 0 Å². The summed E-state index contributed by atoms with van der Waals surface area (Å²) in [5, 5.41) is 3.83. The molecule has 1 N–H and O–H groups in total. The number of anilines is 1. The lowest BCUT2D eigenvalue weighted by Gasteiger charge is -2.43. The van der Waals surface area contributed by atoms with Gasteiger partial charge in [-0.3, -0.25) is 9.97 Å². The number of hydrogen-bond donors (Lipinski definition) is 1. The molecule has 1 aromatic heterocycles. The molecule has 2 bridgehead atoms. The summed E-state index contributed by atoms with van der Waals surface area (Å²) in [6.45, 7) is 7.32. The van der Waals surface area contributed by atoms with Crippen molar-refractivity contribution in [2.24, 2.45) is 16.7 Å². The Morgan fingerprint density at radius 1 is 1.10 bits per heavy atom. The Kier molecular flexibility index (Phi) is 2.60. The number of nitrogens with zero attached hydrogens (tertiary/aromatic N) is 2. The highest BCUT2D eigenvalue weighted by Gasteiger charge is 2.59. The molecule has 2 saturated carbocycles. The topological polar surface area (TPSA) is 37.8 Å². The fourth-order valence-corrected chi connectivity index (χ4v) is 4.88. The van der Waals surface area contributed by atoms with Crippen molar-refractivity contribution < 1.29 is 0 Å². The van der Waals surface area contributed by atoms with Crippen molar-refractivity contribution in [1.29, 1.82) is 0 Å². The molecule has 0 amide bonds. The van der Waals surface area contributed by atoms with E-state index in [-0.39, 0.29) is 0 Å². The molecule has 21 heavy (non-hydrogen) atoms. The Morgan fingerprint density at radius 2 is 1.86 bits per heavy atom. The van der Waals surface area contributed by atoms with Gasteiger partial charge in [0.1, 0.15) is 0 Å². The first-order valence-corrected chi connectivity index (χ1v) is 7.96. The standard InChI is InChI=1S/C18H23N3/c1-17(2)12-6-7-18(3,11-12)16(17)21-13-4-5-14-15(10-13)20-9-8-19-14/h4-5,8-10,12,16,21H,6-7,11H2,1-3H3. The number of aromatic nitrogens is 2. The largest absolute Gasteiger partial charge is 0.381 e. The fraction of sp³-hybridized carbons (Fsp3) is 0.556. The molecule has 0 aliphatic heterocycles. The SMILES string of the molecule is CC12CCC(C1)C(C)(C)C2Nc1ccc2nccnc2c1. The summed E-state index contributed by atoms with van der Waals surface area (Å²) in [4.78, 5) is 8.76. The van der Waals surface area contributed by atoms with Crippen LogP contribution in [0.15, 0.2) is 30.6 Å². The number of fused-ring (bicyclic) bond motifs is 3. The van der Waals surface area contributed by atoms with E-state index >= 15 is 0 Å². The molecule has 4 rings (SSSR count). The summed E-state index contributed by atoms with van der Waals surface area (Å²) in [6, 6.07) is 6.88. The molecule has 3 atom stereocenters. The summed E-state index contributed by atoms with van der Waals surface area (Å²) in [5.74, 6) is 0.861. The minimum Gasteiger partial charge on any atom is -0.381 e. The van der Waals surface area contributed by atoms with Crippen molar-refractivity contribution in [3.63, 3.8) is 0 Å². The normalized spacial score (nSPS) is 33.5. The highest BCUT2D eigenvalue weighted by molar-refractivity contribution is 5.78. The third kappa shape index (κ3) is 1.86. The van der Waals surface area contributed by atoms with Crippen LogP contribution in [0.3, 0.4) is 0 Å². The molecule has 1 aromatic carbocycles. The summed E-state index contributed by atoms with van der Waals surface area (Å²) in [5.41, 5.74) is 3.90. The van der Waals surface area contributed by atoms with Crippen molar-refractivity contribution in [1.82, 2.24) is 9.97 Å². The first kappa shape index (κ1) is 13.1. The summed E-state index contributed by atoms with van der Waals surface area (Å²) >= 11 is 0. The molecule has 0 saturated heterocycles. The van der Waals surface area contributed by atoms with Crippen molar-refractivity contribution in [2.75, 3.05) is 5.32 Å². The molecule has 0 spiro atoms. The van der Waals surface area contributed by atoms with Gasteiger partial charge >= 0.3 is 0 Å². The maximum absolute atomic E-state index is 4.42. The third-order valence-electron chi connectivity index (χ3n) is 6.05. The Labute approximate surface area is 126 Å².